The van der Waals surface area contributed by atoms with Crippen molar-refractivity contribution in [2.45, 2.75) is 29.1 Å². The van der Waals surface area contributed by atoms with Crippen LogP contribution in [-0.2, 0) is 0 Å². The third-order valence-electron chi connectivity index (χ3n) is 1.79. The van der Waals surface area contributed by atoms with Crippen LogP contribution in [0.4, 0.5) is 0 Å². The number of alkyl halides is 2. The highest BCUT2D eigenvalue weighted by Crippen LogP contribution is 2.35. The maximum atomic E-state index is 5.92. The Hall–Kier alpha value is 0.797. The number of rotatable bonds is 0. The lowest BCUT2D eigenvalue weighted by molar-refractivity contribution is 0.883. The maximum Gasteiger partial charge on any atom is 0.0499 e. The molecule has 0 aromatic heterocycles. The van der Waals surface area contributed by atoms with E-state index in [1.54, 1.807) is 0 Å². The molecule has 0 radical (unpaired) electrons. The first-order chi connectivity index (χ1) is 3.72. The van der Waals surface area contributed by atoms with Gasteiger partial charge in [0.15, 0.2) is 0 Å². The highest BCUT2D eigenvalue weighted by Gasteiger charge is 2.29. The Kier molecular flexibility index (Phi) is 2.24. The smallest absolute Gasteiger partial charge is 0.0499 e. The van der Waals surface area contributed by atoms with E-state index in [0.717, 1.165) is 12.0 Å². The maximum absolute atomic E-state index is 5.92. The van der Waals surface area contributed by atoms with E-state index in [2.05, 4.69) is 0 Å². The van der Waals surface area contributed by atoms with Gasteiger partial charge in [-0.3, -0.25) is 0 Å². The fourth-order valence-electron chi connectivity index (χ4n) is 1.10. The van der Waals surface area contributed by atoms with Crippen LogP contribution < -0.4 is 0 Å². The quantitative estimate of drug-likeness (QED) is 0.377. The molecule has 1 aliphatic carbocycles. The summed E-state index contributed by atoms with van der Waals surface area (Å²) in [7, 11) is 1.21. The Morgan fingerprint density at radius 1 is 1.25 bits per heavy atom. The first kappa shape index (κ1) is 6.91. The molecule has 0 aliphatic heterocycles. The normalized spacial score (nSPS) is 48.0. The summed E-state index contributed by atoms with van der Waals surface area (Å²) in [5, 5.41) is 0.544. The second kappa shape index (κ2) is 2.59. The van der Waals surface area contributed by atoms with E-state index in [1.165, 1.54) is 16.7 Å². The molecule has 3 atom stereocenters. The van der Waals surface area contributed by atoms with Crippen molar-refractivity contribution < 1.29 is 0 Å². The predicted molar refractivity (Wildman–Crippen MR) is 42.2 cm³/mol. The number of hydrogen-bond donors (Lipinski definition) is 0. The summed E-state index contributed by atoms with van der Waals surface area (Å²) in [6, 6.07) is 0. The molecule has 1 saturated carbocycles. The van der Waals surface area contributed by atoms with Crippen molar-refractivity contribution >= 4 is 33.4 Å². The number of halogens is 2. The van der Waals surface area contributed by atoms with Crippen LogP contribution in [0.2, 0.25) is 5.54 Å². The minimum atomic E-state index is 0.263. The second-order valence-corrected chi connectivity index (χ2v) is 5.06. The van der Waals surface area contributed by atoms with Gasteiger partial charge in [0.25, 0.3) is 0 Å². The third kappa shape index (κ3) is 1.20. The van der Waals surface area contributed by atoms with E-state index in [1.807, 2.05) is 0 Å². The zero-order valence-electron chi connectivity index (χ0n) is 4.90. The molecule has 0 spiro atoms. The summed E-state index contributed by atoms with van der Waals surface area (Å²) in [6.07, 6.45) is 2.39. The van der Waals surface area contributed by atoms with E-state index >= 15 is 0 Å². The van der Waals surface area contributed by atoms with E-state index in [-0.39, 0.29) is 10.8 Å². The average Bonchev–Trinajstić information content (AvgIpc) is 1.98. The Bertz CT molecular complexity index is 76.5. The van der Waals surface area contributed by atoms with Crippen molar-refractivity contribution in [1.82, 2.24) is 0 Å². The fourth-order valence-corrected chi connectivity index (χ4v) is 2.77. The second-order valence-electron chi connectivity index (χ2n) is 2.52. The van der Waals surface area contributed by atoms with Gasteiger partial charge >= 0.3 is 0 Å². The molecule has 1 aliphatic rings. The van der Waals surface area contributed by atoms with Crippen molar-refractivity contribution in [1.29, 1.82) is 0 Å². The van der Waals surface area contributed by atoms with Gasteiger partial charge in [-0.05, 0) is 12.0 Å². The molecule has 0 heterocycles. The molecular formula is C5H10Cl2Si. The van der Waals surface area contributed by atoms with Crippen LogP contribution in [-0.4, -0.2) is 21.0 Å². The van der Waals surface area contributed by atoms with E-state index < -0.39 is 0 Å². The van der Waals surface area contributed by atoms with Crippen LogP contribution >= 0.6 is 23.2 Å². The third-order valence-corrected chi connectivity index (χ3v) is 4.86. The van der Waals surface area contributed by atoms with E-state index in [0.29, 0.717) is 0 Å². The van der Waals surface area contributed by atoms with Gasteiger partial charge in [-0.25, -0.2) is 0 Å². The lowest BCUT2D eigenvalue weighted by atomic mass is 10.4. The van der Waals surface area contributed by atoms with Crippen molar-refractivity contribution in [2.24, 2.45) is 0 Å². The van der Waals surface area contributed by atoms with Gasteiger partial charge in [0.05, 0.1) is 0 Å². The molecule has 8 heavy (non-hydrogen) atoms. The van der Waals surface area contributed by atoms with Gasteiger partial charge in [0.1, 0.15) is 0 Å². The molecule has 0 bridgehead atoms. The Morgan fingerprint density at radius 2 is 1.88 bits per heavy atom. The van der Waals surface area contributed by atoms with Crippen LogP contribution in [0.15, 0.2) is 0 Å². The topological polar surface area (TPSA) is 0 Å². The van der Waals surface area contributed by atoms with Crippen LogP contribution in [0, 0.1) is 0 Å². The molecule has 3 unspecified atom stereocenters. The fraction of sp³-hybridized carbons (Fsp3) is 1.00. The zero-order valence-corrected chi connectivity index (χ0v) is 8.41. The highest BCUT2D eigenvalue weighted by atomic mass is 35.5. The van der Waals surface area contributed by atoms with Crippen LogP contribution in [0.3, 0.4) is 0 Å². The largest absolute Gasteiger partial charge is 0.121 e. The lowest BCUT2D eigenvalue weighted by Gasteiger charge is -2.07. The molecule has 0 amide bonds. The highest BCUT2D eigenvalue weighted by molar-refractivity contribution is 6.33. The van der Waals surface area contributed by atoms with Crippen LogP contribution in [0.25, 0.3) is 0 Å². The lowest BCUT2D eigenvalue weighted by Crippen LogP contribution is -2.09. The molecule has 0 saturated heterocycles. The molecule has 1 fully saturated rings. The van der Waals surface area contributed by atoms with E-state index in [4.69, 9.17) is 23.2 Å². The van der Waals surface area contributed by atoms with Gasteiger partial charge in [-0.1, -0.05) is 6.42 Å². The molecule has 0 nitrogen and oxygen atoms in total. The Morgan fingerprint density at radius 3 is 2.00 bits per heavy atom. The van der Waals surface area contributed by atoms with Crippen molar-refractivity contribution in [3.05, 3.63) is 0 Å². The molecular weight excluding hydrogens is 159 g/mol. The predicted octanol–water partition coefficient (Wildman–Crippen LogP) is 1.15. The van der Waals surface area contributed by atoms with Gasteiger partial charge in [-0.2, -0.15) is 0 Å². The molecule has 0 aromatic rings. The molecule has 0 N–H and O–H groups in total. The summed E-state index contributed by atoms with van der Waals surface area (Å²) < 4.78 is 0. The first-order valence-corrected chi connectivity index (χ1v) is 5.02. The SMILES string of the molecule is [SiH3]C1CCC(Cl)C1Cl. The minimum Gasteiger partial charge on any atom is -0.121 e. The summed E-state index contributed by atoms with van der Waals surface area (Å²) >= 11 is 11.8. The minimum absolute atomic E-state index is 0.263. The van der Waals surface area contributed by atoms with E-state index in [9.17, 15) is 0 Å². The van der Waals surface area contributed by atoms with Crippen LogP contribution in [0.1, 0.15) is 12.8 Å². The van der Waals surface area contributed by atoms with Gasteiger partial charge in [0.2, 0.25) is 0 Å². The van der Waals surface area contributed by atoms with Crippen molar-refractivity contribution in [3.63, 3.8) is 0 Å². The average molecular weight is 169 g/mol. The van der Waals surface area contributed by atoms with Gasteiger partial charge < -0.3 is 0 Å². The molecule has 0 aromatic carbocycles. The summed E-state index contributed by atoms with van der Waals surface area (Å²) in [4.78, 5) is 0. The zero-order chi connectivity index (χ0) is 6.15. The monoisotopic (exact) mass is 168 g/mol. The molecule has 48 valence electrons. The molecule has 1 rings (SSSR count). The first-order valence-electron chi connectivity index (χ1n) is 3.00. The van der Waals surface area contributed by atoms with Crippen molar-refractivity contribution in [2.75, 3.05) is 0 Å². The summed E-state index contributed by atoms with van der Waals surface area (Å²) in [5.74, 6) is 0. The summed E-state index contributed by atoms with van der Waals surface area (Å²) in [5.41, 5.74) is 0.763. The molecule has 3 heteroatoms. The number of hydrogen-bond acceptors (Lipinski definition) is 0. The van der Waals surface area contributed by atoms with Gasteiger partial charge in [-0.15, -0.1) is 23.2 Å². The Balaban J connectivity index is 2.44. The summed E-state index contributed by atoms with van der Waals surface area (Å²) in [6.45, 7) is 0. The van der Waals surface area contributed by atoms with Gasteiger partial charge in [0, 0.05) is 21.0 Å². The standard InChI is InChI=1S/C5H10Cl2Si/c6-3-1-2-4(8)5(3)7/h3-5H,1-2H2,8H3. The van der Waals surface area contributed by atoms with Crippen molar-refractivity contribution in [3.8, 4) is 0 Å². The Labute approximate surface area is 63.0 Å². The van der Waals surface area contributed by atoms with Crippen LogP contribution in [0.5, 0.6) is 0 Å².